The van der Waals surface area contributed by atoms with E-state index in [0.717, 1.165) is 37.2 Å². The van der Waals surface area contributed by atoms with Gasteiger partial charge < -0.3 is 10.6 Å². The van der Waals surface area contributed by atoms with Crippen LogP contribution in [0.4, 0.5) is 5.69 Å². The molecule has 4 nitrogen and oxygen atoms in total. The SMILES string of the molecule is Cc1ncccc1NC(=O)[C@@H]1CCCCN1.Cl.Cl. The maximum atomic E-state index is 11.9. The molecule has 1 aliphatic rings. The third kappa shape index (κ3) is 4.44. The molecule has 1 fully saturated rings. The monoisotopic (exact) mass is 291 g/mol. The number of hydrogen-bond donors (Lipinski definition) is 2. The standard InChI is InChI=1S/C12H17N3O.2ClH/c1-9-10(6-4-8-13-9)15-12(16)11-5-2-3-7-14-11;;/h4,6,8,11,14H,2-3,5,7H2,1H3,(H,15,16);2*1H/t11-;;/m0../s1. The van der Waals surface area contributed by atoms with E-state index in [4.69, 9.17) is 0 Å². The van der Waals surface area contributed by atoms with Gasteiger partial charge in [-0.15, -0.1) is 24.8 Å². The van der Waals surface area contributed by atoms with Gasteiger partial charge in [-0.3, -0.25) is 9.78 Å². The Hall–Kier alpha value is -0.840. The fourth-order valence-electron chi connectivity index (χ4n) is 1.91. The minimum Gasteiger partial charge on any atom is -0.323 e. The number of carbonyl (C=O) groups is 1. The number of anilines is 1. The molecule has 18 heavy (non-hydrogen) atoms. The Balaban J connectivity index is 0.00000144. The summed E-state index contributed by atoms with van der Waals surface area (Å²) in [6, 6.07) is 3.66. The van der Waals surface area contributed by atoms with E-state index in [1.807, 2.05) is 19.1 Å². The first kappa shape index (κ1) is 17.2. The lowest BCUT2D eigenvalue weighted by Crippen LogP contribution is -2.43. The van der Waals surface area contributed by atoms with Crippen molar-refractivity contribution in [2.24, 2.45) is 0 Å². The molecule has 0 spiro atoms. The summed E-state index contributed by atoms with van der Waals surface area (Å²) in [4.78, 5) is 16.1. The van der Waals surface area contributed by atoms with Gasteiger partial charge in [0.05, 0.1) is 17.4 Å². The molecule has 2 N–H and O–H groups in total. The second kappa shape index (κ2) is 8.29. The largest absolute Gasteiger partial charge is 0.323 e. The smallest absolute Gasteiger partial charge is 0.241 e. The van der Waals surface area contributed by atoms with E-state index in [1.54, 1.807) is 6.20 Å². The normalized spacial score (nSPS) is 18.2. The van der Waals surface area contributed by atoms with Crippen LogP contribution in [0.2, 0.25) is 0 Å². The molecule has 2 rings (SSSR count). The van der Waals surface area contributed by atoms with Crippen molar-refractivity contribution in [2.45, 2.75) is 32.2 Å². The van der Waals surface area contributed by atoms with E-state index in [1.165, 1.54) is 0 Å². The zero-order chi connectivity index (χ0) is 11.4. The average Bonchev–Trinajstić information content (AvgIpc) is 2.33. The Morgan fingerprint density at radius 1 is 1.44 bits per heavy atom. The highest BCUT2D eigenvalue weighted by Crippen LogP contribution is 2.13. The van der Waals surface area contributed by atoms with Crippen LogP contribution >= 0.6 is 24.8 Å². The van der Waals surface area contributed by atoms with Crippen LogP contribution in [-0.4, -0.2) is 23.5 Å². The van der Waals surface area contributed by atoms with Crippen LogP contribution in [0.25, 0.3) is 0 Å². The van der Waals surface area contributed by atoms with E-state index < -0.39 is 0 Å². The lowest BCUT2D eigenvalue weighted by atomic mass is 10.0. The van der Waals surface area contributed by atoms with Gasteiger partial charge in [0.15, 0.2) is 0 Å². The number of carbonyl (C=O) groups excluding carboxylic acids is 1. The number of aryl methyl sites for hydroxylation is 1. The number of nitrogens with zero attached hydrogens (tertiary/aromatic N) is 1. The zero-order valence-corrected chi connectivity index (χ0v) is 11.9. The van der Waals surface area contributed by atoms with Gasteiger partial charge in [-0.25, -0.2) is 0 Å². The quantitative estimate of drug-likeness (QED) is 0.879. The van der Waals surface area contributed by atoms with Gasteiger partial charge in [0.2, 0.25) is 5.91 Å². The van der Waals surface area contributed by atoms with Crippen molar-refractivity contribution in [3.8, 4) is 0 Å². The van der Waals surface area contributed by atoms with Gasteiger partial charge in [-0.05, 0) is 38.4 Å². The van der Waals surface area contributed by atoms with Gasteiger partial charge in [0.1, 0.15) is 0 Å². The Kier molecular flexibility index (Phi) is 7.91. The summed E-state index contributed by atoms with van der Waals surface area (Å²) < 4.78 is 0. The molecule has 0 radical (unpaired) electrons. The maximum absolute atomic E-state index is 11.9. The van der Waals surface area contributed by atoms with Crippen LogP contribution in [0.3, 0.4) is 0 Å². The summed E-state index contributed by atoms with van der Waals surface area (Å²) in [6.45, 7) is 2.83. The predicted molar refractivity (Wildman–Crippen MR) is 77.7 cm³/mol. The minimum atomic E-state index is -0.0478. The molecule has 1 saturated heterocycles. The van der Waals surface area contributed by atoms with Crippen molar-refractivity contribution < 1.29 is 4.79 Å². The highest BCUT2D eigenvalue weighted by molar-refractivity contribution is 5.95. The van der Waals surface area contributed by atoms with Crippen molar-refractivity contribution in [1.29, 1.82) is 0 Å². The van der Waals surface area contributed by atoms with E-state index in [0.29, 0.717) is 0 Å². The number of amides is 1. The summed E-state index contributed by atoms with van der Waals surface area (Å²) in [5.41, 5.74) is 1.66. The molecule has 1 amide bonds. The summed E-state index contributed by atoms with van der Waals surface area (Å²) in [6.07, 6.45) is 4.93. The first-order valence-corrected chi connectivity index (χ1v) is 5.73. The Bertz CT molecular complexity index is 381. The molecule has 1 aromatic rings. The van der Waals surface area contributed by atoms with Crippen molar-refractivity contribution in [3.05, 3.63) is 24.0 Å². The number of halogens is 2. The van der Waals surface area contributed by atoms with E-state index in [2.05, 4.69) is 15.6 Å². The molecule has 0 aliphatic carbocycles. The average molecular weight is 292 g/mol. The number of rotatable bonds is 2. The topological polar surface area (TPSA) is 54.0 Å². The maximum Gasteiger partial charge on any atom is 0.241 e. The van der Waals surface area contributed by atoms with E-state index >= 15 is 0 Å². The summed E-state index contributed by atoms with van der Waals surface area (Å²) >= 11 is 0. The molecule has 0 saturated carbocycles. The summed E-state index contributed by atoms with van der Waals surface area (Å²) in [7, 11) is 0. The highest BCUT2D eigenvalue weighted by Gasteiger charge is 2.20. The Morgan fingerprint density at radius 2 is 2.22 bits per heavy atom. The minimum absolute atomic E-state index is 0. The lowest BCUT2D eigenvalue weighted by molar-refractivity contribution is -0.118. The fraction of sp³-hybridized carbons (Fsp3) is 0.500. The van der Waals surface area contributed by atoms with Gasteiger partial charge in [-0.1, -0.05) is 6.42 Å². The van der Waals surface area contributed by atoms with Gasteiger partial charge in [0, 0.05) is 6.20 Å². The molecule has 0 aromatic carbocycles. The number of aromatic nitrogens is 1. The van der Waals surface area contributed by atoms with Crippen molar-refractivity contribution in [1.82, 2.24) is 10.3 Å². The van der Waals surface area contributed by atoms with Crippen LogP contribution in [-0.2, 0) is 4.79 Å². The lowest BCUT2D eigenvalue weighted by Gasteiger charge is -2.22. The molecular weight excluding hydrogens is 273 g/mol. The first-order chi connectivity index (χ1) is 7.77. The molecule has 2 heterocycles. The van der Waals surface area contributed by atoms with Crippen LogP contribution < -0.4 is 10.6 Å². The third-order valence-corrected chi connectivity index (χ3v) is 2.89. The summed E-state index contributed by atoms with van der Waals surface area (Å²) in [5, 5.41) is 6.14. The Labute approximate surface area is 120 Å². The number of piperidine rings is 1. The van der Waals surface area contributed by atoms with Gasteiger partial charge >= 0.3 is 0 Å². The second-order valence-electron chi connectivity index (χ2n) is 4.13. The zero-order valence-electron chi connectivity index (χ0n) is 10.3. The predicted octanol–water partition coefficient (Wildman–Crippen LogP) is 2.31. The van der Waals surface area contributed by atoms with Crippen molar-refractivity contribution in [2.75, 3.05) is 11.9 Å². The molecule has 1 atom stereocenters. The van der Waals surface area contributed by atoms with Crippen molar-refractivity contribution >= 4 is 36.4 Å². The molecule has 0 unspecified atom stereocenters. The summed E-state index contributed by atoms with van der Waals surface area (Å²) in [5.74, 6) is 0.0517. The van der Waals surface area contributed by atoms with Gasteiger partial charge in [-0.2, -0.15) is 0 Å². The second-order valence-corrected chi connectivity index (χ2v) is 4.13. The molecule has 0 bridgehead atoms. The van der Waals surface area contributed by atoms with Crippen LogP contribution in [0, 0.1) is 6.92 Å². The number of pyridine rings is 1. The fourth-order valence-corrected chi connectivity index (χ4v) is 1.91. The van der Waals surface area contributed by atoms with E-state index in [-0.39, 0.29) is 36.8 Å². The van der Waals surface area contributed by atoms with Crippen LogP contribution in [0.1, 0.15) is 25.0 Å². The van der Waals surface area contributed by atoms with Crippen LogP contribution in [0.5, 0.6) is 0 Å². The van der Waals surface area contributed by atoms with E-state index in [9.17, 15) is 4.79 Å². The van der Waals surface area contributed by atoms with Crippen LogP contribution in [0.15, 0.2) is 18.3 Å². The number of hydrogen-bond acceptors (Lipinski definition) is 3. The molecule has 102 valence electrons. The van der Waals surface area contributed by atoms with Crippen molar-refractivity contribution in [3.63, 3.8) is 0 Å². The molecule has 1 aromatic heterocycles. The third-order valence-electron chi connectivity index (χ3n) is 2.89. The highest BCUT2D eigenvalue weighted by atomic mass is 35.5. The van der Waals surface area contributed by atoms with Gasteiger partial charge in [0.25, 0.3) is 0 Å². The molecule has 1 aliphatic heterocycles. The first-order valence-electron chi connectivity index (χ1n) is 5.73. The number of nitrogens with one attached hydrogen (secondary N) is 2. The Morgan fingerprint density at radius 3 is 2.83 bits per heavy atom. The molecular formula is C12H19Cl2N3O. The molecule has 6 heteroatoms.